The van der Waals surface area contributed by atoms with Crippen molar-refractivity contribution in [3.63, 3.8) is 0 Å². The van der Waals surface area contributed by atoms with Gasteiger partial charge in [-0.3, -0.25) is 9.59 Å². The lowest BCUT2D eigenvalue weighted by atomic mass is 10.0. The van der Waals surface area contributed by atoms with Gasteiger partial charge in [0, 0.05) is 18.8 Å². The zero-order valence-electron chi connectivity index (χ0n) is 9.63. The second kappa shape index (κ2) is 7.15. The molecule has 0 saturated carbocycles. The molecule has 0 heterocycles. The van der Waals surface area contributed by atoms with Crippen LogP contribution in [0.15, 0.2) is 0 Å². The van der Waals surface area contributed by atoms with Crippen molar-refractivity contribution in [3.8, 4) is 0 Å². The largest absolute Gasteiger partial charge is 0.349 e. The molecule has 0 aromatic carbocycles. The fraction of sp³-hybridized carbons (Fsp3) is 0.727. The van der Waals surface area contributed by atoms with E-state index >= 15 is 0 Å². The normalized spacial score (nSPS) is 11.9. The first-order valence-electron chi connectivity index (χ1n) is 5.26. The van der Waals surface area contributed by atoms with E-state index in [2.05, 4.69) is 5.32 Å². The van der Waals surface area contributed by atoms with Crippen molar-refractivity contribution in [3.05, 3.63) is 0 Å². The maximum absolute atomic E-state index is 11.3. The van der Waals surface area contributed by atoms with Crippen LogP contribution in [-0.2, 0) is 14.4 Å². The molecule has 0 spiro atoms. The Morgan fingerprint density at radius 3 is 2.27 bits per heavy atom. The third-order valence-corrected chi connectivity index (χ3v) is 2.33. The van der Waals surface area contributed by atoms with Crippen LogP contribution in [0.3, 0.4) is 0 Å². The molecule has 0 aliphatic carbocycles. The number of nitrogens with one attached hydrogen (secondary N) is 1. The van der Waals surface area contributed by atoms with Gasteiger partial charge in [-0.15, -0.1) is 0 Å². The quantitative estimate of drug-likeness (QED) is 0.688. The Bertz CT molecular complexity index is 248. The van der Waals surface area contributed by atoms with Crippen LogP contribution in [0.2, 0.25) is 0 Å². The Morgan fingerprint density at radius 2 is 1.80 bits per heavy atom. The van der Waals surface area contributed by atoms with Gasteiger partial charge in [-0.05, 0) is 13.3 Å². The van der Waals surface area contributed by atoms with Gasteiger partial charge < -0.3 is 10.1 Å². The molecule has 86 valence electrons. The molecule has 4 nitrogen and oxygen atoms in total. The van der Waals surface area contributed by atoms with Gasteiger partial charge >= 0.3 is 0 Å². The Kier molecular flexibility index (Phi) is 6.58. The van der Waals surface area contributed by atoms with Crippen molar-refractivity contribution in [2.45, 2.75) is 40.0 Å². The molecule has 0 rings (SSSR count). The molecule has 0 aliphatic heterocycles. The van der Waals surface area contributed by atoms with Crippen LogP contribution in [0.25, 0.3) is 0 Å². The van der Waals surface area contributed by atoms with E-state index in [-0.39, 0.29) is 42.8 Å². The summed E-state index contributed by atoms with van der Waals surface area (Å²) in [6, 6.07) is 0. The van der Waals surface area contributed by atoms with Gasteiger partial charge in [0.15, 0.2) is 5.78 Å². The topological polar surface area (TPSA) is 63.2 Å². The zero-order valence-corrected chi connectivity index (χ0v) is 9.63. The van der Waals surface area contributed by atoms with Gasteiger partial charge in [-0.2, -0.15) is 0 Å². The molecule has 0 aromatic heterocycles. The molecule has 15 heavy (non-hydrogen) atoms. The van der Waals surface area contributed by atoms with E-state index < -0.39 is 0 Å². The lowest BCUT2D eigenvalue weighted by Gasteiger charge is -2.08. The van der Waals surface area contributed by atoms with E-state index in [0.29, 0.717) is 0 Å². The van der Waals surface area contributed by atoms with Crippen LogP contribution in [0.1, 0.15) is 40.0 Å². The van der Waals surface area contributed by atoms with Crippen LogP contribution in [0.4, 0.5) is 0 Å². The summed E-state index contributed by atoms with van der Waals surface area (Å²) in [5.41, 5.74) is 0. The summed E-state index contributed by atoms with van der Waals surface area (Å²) in [4.78, 5) is 33.1. The fourth-order valence-electron chi connectivity index (χ4n) is 0.966. The zero-order chi connectivity index (χ0) is 11.8. The molecular formula is C11H19NO3. The molecule has 0 saturated heterocycles. The molecule has 0 fully saturated rings. The SMILES string of the molecule is CCC(C)C(=O)CNC(=O)CCC(C)=O. The summed E-state index contributed by atoms with van der Waals surface area (Å²) in [5.74, 6) is -0.230. The van der Waals surface area contributed by atoms with Crippen LogP contribution in [0.5, 0.6) is 0 Å². The number of hydrogen-bond acceptors (Lipinski definition) is 3. The average molecular weight is 213 g/mol. The Morgan fingerprint density at radius 1 is 1.20 bits per heavy atom. The Labute approximate surface area is 90.4 Å². The Hall–Kier alpha value is -1.19. The highest BCUT2D eigenvalue weighted by atomic mass is 16.2. The molecule has 1 amide bonds. The van der Waals surface area contributed by atoms with E-state index in [4.69, 9.17) is 0 Å². The average Bonchev–Trinajstić information content (AvgIpc) is 2.21. The molecule has 4 heteroatoms. The Balaban J connectivity index is 3.71. The number of hydrogen-bond donors (Lipinski definition) is 1. The van der Waals surface area contributed by atoms with Gasteiger partial charge in [0.2, 0.25) is 5.91 Å². The number of carbonyl (C=O) groups excluding carboxylic acids is 3. The molecule has 1 unspecified atom stereocenters. The number of amides is 1. The molecule has 0 radical (unpaired) electrons. The van der Waals surface area contributed by atoms with Crippen molar-refractivity contribution >= 4 is 17.5 Å². The predicted molar refractivity (Wildman–Crippen MR) is 57.4 cm³/mol. The second-order valence-electron chi connectivity index (χ2n) is 3.75. The second-order valence-corrected chi connectivity index (χ2v) is 3.75. The molecule has 1 atom stereocenters. The van der Waals surface area contributed by atoms with E-state index in [9.17, 15) is 14.4 Å². The van der Waals surface area contributed by atoms with Crippen LogP contribution in [0, 0.1) is 5.92 Å². The van der Waals surface area contributed by atoms with Crippen LogP contribution < -0.4 is 5.32 Å². The summed E-state index contributed by atoms with van der Waals surface area (Å²) in [6.07, 6.45) is 1.19. The van der Waals surface area contributed by atoms with Crippen molar-refractivity contribution in [1.82, 2.24) is 5.32 Å². The molecular weight excluding hydrogens is 194 g/mol. The highest BCUT2D eigenvalue weighted by molar-refractivity contribution is 5.88. The highest BCUT2D eigenvalue weighted by Gasteiger charge is 2.11. The summed E-state index contributed by atoms with van der Waals surface area (Å²) in [7, 11) is 0. The number of Topliss-reactive ketones (excluding diaryl/α,β-unsaturated/α-hetero) is 2. The van der Waals surface area contributed by atoms with E-state index in [0.717, 1.165) is 6.42 Å². The van der Waals surface area contributed by atoms with Crippen molar-refractivity contribution in [2.75, 3.05) is 6.54 Å². The summed E-state index contributed by atoms with van der Waals surface area (Å²) < 4.78 is 0. The van der Waals surface area contributed by atoms with E-state index in [1.165, 1.54) is 6.92 Å². The fourth-order valence-corrected chi connectivity index (χ4v) is 0.966. The van der Waals surface area contributed by atoms with Crippen molar-refractivity contribution < 1.29 is 14.4 Å². The smallest absolute Gasteiger partial charge is 0.220 e. The van der Waals surface area contributed by atoms with Crippen molar-refractivity contribution in [2.24, 2.45) is 5.92 Å². The molecule has 0 aliphatic rings. The minimum absolute atomic E-state index is 0.0154. The minimum Gasteiger partial charge on any atom is -0.349 e. The summed E-state index contributed by atoms with van der Waals surface area (Å²) in [5, 5.41) is 2.51. The lowest BCUT2D eigenvalue weighted by molar-refractivity contribution is -0.127. The highest BCUT2D eigenvalue weighted by Crippen LogP contribution is 2.00. The third-order valence-electron chi connectivity index (χ3n) is 2.33. The minimum atomic E-state index is -0.234. The standard InChI is InChI=1S/C11H19NO3/c1-4-8(2)10(14)7-12-11(15)6-5-9(3)13/h8H,4-7H2,1-3H3,(H,12,15). The van der Waals surface area contributed by atoms with Gasteiger partial charge in [0.05, 0.1) is 6.54 Å². The first kappa shape index (κ1) is 13.8. The van der Waals surface area contributed by atoms with Crippen molar-refractivity contribution in [1.29, 1.82) is 0 Å². The third kappa shape index (κ3) is 6.82. The predicted octanol–water partition coefficient (Wildman–Crippen LogP) is 1.09. The first-order valence-corrected chi connectivity index (χ1v) is 5.26. The lowest BCUT2D eigenvalue weighted by Crippen LogP contribution is -2.32. The first-order chi connectivity index (χ1) is 6.97. The number of carbonyl (C=O) groups is 3. The van der Waals surface area contributed by atoms with Gasteiger partial charge in [0.25, 0.3) is 0 Å². The molecule has 1 N–H and O–H groups in total. The van der Waals surface area contributed by atoms with E-state index in [1.54, 1.807) is 0 Å². The van der Waals surface area contributed by atoms with Gasteiger partial charge in [0.1, 0.15) is 5.78 Å². The molecule has 0 aromatic rings. The summed E-state index contributed by atoms with van der Waals surface area (Å²) >= 11 is 0. The molecule has 0 bridgehead atoms. The number of rotatable bonds is 7. The summed E-state index contributed by atoms with van der Waals surface area (Å²) in [6.45, 7) is 5.29. The van der Waals surface area contributed by atoms with Crippen LogP contribution >= 0.6 is 0 Å². The maximum Gasteiger partial charge on any atom is 0.220 e. The van der Waals surface area contributed by atoms with Crippen LogP contribution in [-0.4, -0.2) is 24.0 Å². The monoisotopic (exact) mass is 213 g/mol. The van der Waals surface area contributed by atoms with Gasteiger partial charge in [-0.1, -0.05) is 13.8 Å². The van der Waals surface area contributed by atoms with E-state index in [1.807, 2.05) is 13.8 Å². The number of ketones is 2. The van der Waals surface area contributed by atoms with Gasteiger partial charge in [-0.25, -0.2) is 0 Å². The maximum atomic E-state index is 11.3.